The predicted octanol–water partition coefficient (Wildman–Crippen LogP) is 5.32. The van der Waals surface area contributed by atoms with Crippen molar-refractivity contribution in [1.82, 2.24) is 10.3 Å². The summed E-state index contributed by atoms with van der Waals surface area (Å²) >= 11 is 0. The summed E-state index contributed by atoms with van der Waals surface area (Å²) in [4.78, 5) is 16.6. The number of benzene rings is 3. The van der Waals surface area contributed by atoms with Crippen LogP contribution in [0.5, 0.6) is 5.75 Å². The average Bonchev–Trinajstić information content (AvgIpc) is 3.36. The monoisotopic (exact) mass is 456 g/mol. The smallest absolute Gasteiger partial charge is 0.220 e. The molecule has 6 nitrogen and oxygen atoms in total. The molecule has 4 aromatic rings. The van der Waals surface area contributed by atoms with E-state index in [1.807, 2.05) is 72.8 Å². The number of aryl methyl sites for hydroxylation is 1. The minimum atomic E-state index is -0.0464. The molecule has 0 fully saturated rings. The summed E-state index contributed by atoms with van der Waals surface area (Å²) in [6.45, 7) is 1.56. The number of nitrogens with zero attached hydrogens (tertiary/aromatic N) is 1. The van der Waals surface area contributed by atoms with Gasteiger partial charge >= 0.3 is 0 Å². The van der Waals surface area contributed by atoms with Crippen LogP contribution < -0.4 is 10.1 Å². The van der Waals surface area contributed by atoms with Gasteiger partial charge in [0, 0.05) is 24.9 Å². The fourth-order valence-corrected chi connectivity index (χ4v) is 3.51. The highest BCUT2D eigenvalue weighted by molar-refractivity contribution is 5.76. The minimum Gasteiger partial charge on any atom is -0.497 e. The zero-order valence-corrected chi connectivity index (χ0v) is 19.2. The Bertz CT molecular complexity index is 1190. The number of carbonyl (C=O) groups excluding carboxylic acids is 1. The molecular formula is C28H28N2O4. The molecule has 0 aliphatic rings. The first kappa shape index (κ1) is 23.3. The Morgan fingerprint density at radius 1 is 0.912 bits per heavy atom. The molecule has 1 heterocycles. The number of hydrogen-bond donors (Lipinski definition) is 1. The molecule has 6 heteroatoms. The van der Waals surface area contributed by atoms with Crippen molar-refractivity contribution in [3.8, 4) is 17.1 Å². The fourth-order valence-electron chi connectivity index (χ4n) is 3.51. The number of ether oxygens (including phenoxy) is 2. The lowest BCUT2D eigenvalue weighted by molar-refractivity contribution is -0.121. The molecule has 0 aliphatic carbocycles. The molecule has 0 bridgehead atoms. The van der Waals surface area contributed by atoms with E-state index in [0.717, 1.165) is 28.0 Å². The normalized spacial score (nSPS) is 10.7. The second-order valence-electron chi connectivity index (χ2n) is 7.92. The highest BCUT2D eigenvalue weighted by atomic mass is 16.5. The summed E-state index contributed by atoms with van der Waals surface area (Å²) in [5, 5.41) is 2.97. The van der Waals surface area contributed by atoms with E-state index in [9.17, 15) is 4.79 Å². The van der Waals surface area contributed by atoms with Crippen molar-refractivity contribution in [3.05, 3.63) is 108 Å². The van der Waals surface area contributed by atoms with Crippen molar-refractivity contribution in [3.63, 3.8) is 0 Å². The third kappa shape index (κ3) is 6.80. The number of oxazole rings is 1. The zero-order chi connectivity index (χ0) is 23.6. The SMILES string of the molecule is COc1ccc(-c2cnc(CCC(=O)NCc3cccc(COCc4ccccc4)c3)o2)cc1. The molecular weight excluding hydrogens is 428 g/mol. The van der Waals surface area contributed by atoms with E-state index in [1.165, 1.54) is 0 Å². The second kappa shape index (κ2) is 11.8. The van der Waals surface area contributed by atoms with Crippen LogP contribution in [0.1, 0.15) is 29.0 Å². The second-order valence-corrected chi connectivity index (χ2v) is 7.92. The number of amides is 1. The number of hydrogen-bond acceptors (Lipinski definition) is 5. The van der Waals surface area contributed by atoms with Gasteiger partial charge in [-0.1, -0.05) is 54.6 Å². The van der Waals surface area contributed by atoms with Gasteiger partial charge in [-0.2, -0.15) is 0 Å². The fraction of sp³-hybridized carbons (Fsp3) is 0.214. The average molecular weight is 457 g/mol. The summed E-state index contributed by atoms with van der Waals surface area (Å²) in [6.07, 6.45) is 2.43. The summed E-state index contributed by atoms with van der Waals surface area (Å²) in [5.74, 6) is 1.95. The van der Waals surface area contributed by atoms with Crippen LogP contribution >= 0.6 is 0 Å². The molecule has 0 spiro atoms. The van der Waals surface area contributed by atoms with Gasteiger partial charge in [0.25, 0.3) is 0 Å². The lowest BCUT2D eigenvalue weighted by Crippen LogP contribution is -2.23. The highest BCUT2D eigenvalue weighted by Crippen LogP contribution is 2.23. The molecule has 1 amide bonds. The van der Waals surface area contributed by atoms with Gasteiger partial charge in [-0.15, -0.1) is 0 Å². The van der Waals surface area contributed by atoms with Crippen molar-refractivity contribution in [2.24, 2.45) is 0 Å². The summed E-state index contributed by atoms with van der Waals surface area (Å²) in [6, 6.07) is 25.7. The van der Waals surface area contributed by atoms with Crippen LogP contribution in [0.3, 0.4) is 0 Å². The van der Waals surface area contributed by atoms with Crippen LogP contribution in [0.4, 0.5) is 0 Å². The summed E-state index contributed by atoms with van der Waals surface area (Å²) < 4.78 is 16.8. The van der Waals surface area contributed by atoms with Crippen LogP contribution in [0, 0.1) is 0 Å². The molecule has 1 aromatic heterocycles. The van der Waals surface area contributed by atoms with E-state index in [1.54, 1.807) is 13.3 Å². The third-order valence-electron chi connectivity index (χ3n) is 5.36. The molecule has 34 heavy (non-hydrogen) atoms. The van der Waals surface area contributed by atoms with Gasteiger partial charge in [-0.05, 0) is 41.0 Å². The molecule has 0 unspecified atom stereocenters. The maximum Gasteiger partial charge on any atom is 0.220 e. The van der Waals surface area contributed by atoms with Crippen molar-refractivity contribution < 1.29 is 18.7 Å². The van der Waals surface area contributed by atoms with Crippen LogP contribution in [-0.2, 0) is 35.7 Å². The summed E-state index contributed by atoms with van der Waals surface area (Å²) in [5.41, 5.74) is 4.17. The molecule has 4 rings (SSSR count). The van der Waals surface area contributed by atoms with Gasteiger partial charge in [-0.3, -0.25) is 4.79 Å². The first-order valence-corrected chi connectivity index (χ1v) is 11.2. The highest BCUT2D eigenvalue weighted by Gasteiger charge is 2.09. The Kier molecular flexibility index (Phi) is 8.08. The molecule has 1 N–H and O–H groups in total. The van der Waals surface area contributed by atoms with Crippen LogP contribution in [-0.4, -0.2) is 18.0 Å². The lowest BCUT2D eigenvalue weighted by atomic mass is 10.1. The Hall–Kier alpha value is -3.90. The van der Waals surface area contributed by atoms with E-state index in [4.69, 9.17) is 13.9 Å². The largest absolute Gasteiger partial charge is 0.497 e. The van der Waals surface area contributed by atoms with E-state index in [0.29, 0.717) is 44.3 Å². The van der Waals surface area contributed by atoms with Gasteiger partial charge in [0.2, 0.25) is 5.91 Å². The maximum absolute atomic E-state index is 12.3. The molecule has 174 valence electrons. The van der Waals surface area contributed by atoms with Crippen LogP contribution in [0.25, 0.3) is 11.3 Å². The maximum atomic E-state index is 12.3. The van der Waals surface area contributed by atoms with Gasteiger partial charge in [0.15, 0.2) is 11.7 Å². The Morgan fingerprint density at radius 3 is 2.44 bits per heavy atom. The summed E-state index contributed by atoms with van der Waals surface area (Å²) in [7, 11) is 1.63. The minimum absolute atomic E-state index is 0.0464. The van der Waals surface area contributed by atoms with Gasteiger partial charge in [0.05, 0.1) is 26.5 Å². The molecule has 3 aromatic carbocycles. The number of carbonyl (C=O) groups is 1. The molecule has 0 atom stereocenters. The number of nitrogens with one attached hydrogen (secondary N) is 1. The van der Waals surface area contributed by atoms with Gasteiger partial charge in [-0.25, -0.2) is 4.98 Å². The Labute approximate surface area is 199 Å². The Morgan fingerprint density at radius 2 is 1.65 bits per heavy atom. The van der Waals surface area contributed by atoms with Gasteiger partial charge in [0.1, 0.15) is 5.75 Å². The lowest BCUT2D eigenvalue weighted by Gasteiger charge is -2.08. The van der Waals surface area contributed by atoms with Crippen molar-refractivity contribution in [1.29, 1.82) is 0 Å². The van der Waals surface area contributed by atoms with E-state index in [2.05, 4.69) is 16.4 Å². The van der Waals surface area contributed by atoms with Crippen molar-refractivity contribution in [2.75, 3.05) is 7.11 Å². The first-order chi connectivity index (χ1) is 16.7. The molecule has 0 radical (unpaired) electrons. The van der Waals surface area contributed by atoms with Gasteiger partial charge < -0.3 is 19.2 Å². The molecule has 0 aliphatic heterocycles. The van der Waals surface area contributed by atoms with Crippen LogP contribution in [0.2, 0.25) is 0 Å². The molecule has 0 saturated carbocycles. The number of methoxy groups -OCH3 is 1. The van der Waals surface area contributed by atoms with Crippen molar-refractivity contribution >= 4 is 5.91 Å². The first-order valence-electron chi connectivity index (χ1n) is 11.2. The predicted molar refractivity (Wildman–Crippen MR) is 130 cm³/mol. The number of rotatable bonds is 11. The molecule has 0 saturated heterocycles. The van der Waals surface area contributed by atoms with E-state index in [-0.39, 0.29) is 5.91 Å². The third-order valence-corrected chi connectivity index (χ3v) is 5.36. The topological polar surface area (TPSA) is 73.6 Å². The Balaban J connectivity index is 1.20. The van der Waals surface area contributed by atoms with E-state index >= 15 is 0 Å². The van der Waals surface area contributed by atoms with Crippen LogP contribution in [0.15, 0.2) is 89.5 Å². The zero-order valence-electron chi connectivity index (χ0n) is 19.2. The van der Waals surface area contributed by atoms with Crippen molar-refractivity contribution in [2.45, 2.75) is 32.6 Å². The standard InChI is InChI=1S/C28H28N2O4/c1-32-25-12-10-24(11-13-25)26-18-30-28(34-26)15-14-27(31)29-17-22-8-5-9-23(16-22)20-33-19-21-6-3-2-4-7-21/h2-13,16,18H,14-15,17,19-20H2,1H3,(H,29,31). The quantitative estimate of drug-likeness (QED) is 0.331. The number of aromatic nitrogens is 1. The van der Waals surface area contributed by atoms with E-state index < -0.39 is 0 Å².